The van der Waals surface area contributed by atoms with E-state index < -0.39 is 9.05 Å². The molecule has 1 aromatic carbocycles. The highest BCUT2D eigenvalue weighted by Gasteiger charge is 2.21. The number of carbonyl (C=O) groups is 1. The quantitative estimate of drug-likeness (QED) is 0.784. The summed E-state index contributed by atoms with van der Waals surface area (Å²) in [6.45, 7) is 8.31. The van der Waals surface area contributed by atoms with Gasteiger partial charge < -0.3 is 4.90 Å². The number of halogens is 1. The van der Waals surface area contributed by atoms with E-state index in [2.05, 4.69) is 0 Å². The molecule has 1 amide bonds. The van der Waals surface area contributed by atoms with E-state index >= 15 is 0 Å². The maximum absolute atomic E-state index is 12.5. The predicted molar refractivity (Wildman–Crippen MR) is 80.7 cm³/mol. The van der Waals surface area contributed by atoms with E-state index in [-0.39, 0.29) is 16.8 Å². The van der Waals surface area contributed by atoms with Crippen LogP contribution in [-0.4, -0.2) is 31.8 Å². The van der Waals surface area contributed by atoms with E-state index in [1.807, 2.05) is 20.8 Å². The summed E-state index contributed by atoms with van der Waals surface area (Å²) < 4.78 is 22.6. The number of rotatable bonds is 5. The number of carbonyl (C=O) groups excluding carboxylic acids is 1. The van der Waals surface area contributed by atoms with Crippen molar-refractivity contribution in [1.82, 2.24) is 4.90 Å². The third kappa shape index (κ3) is 3.96. The van der Waals surface area contributed by atoms with Gasteiger partial charge in [0.1, 0.15) is 0 Å². The number of aryl methyl sites for hydroxylation is 1. The van der Waals surface area contributed by atoms with Crippen molar-refractivity contribution in [2.45, 2.75) is 45.1 Å². The maximum atomic E-state index is 12.5. The lowest BCUT2D eigenvalue weighted by atomic mass is 10.1. The van der Waals surface area contributed by atoms with Gasteiger partial charge >= 0.3 is 0 Å². The van der Waals surface area contributed by atoms with Crippen LogP contribution < -0.4 is 0 Å². The summed E-state index contributed by atoms with van der Waals surface area (Å²) in [6, 6.07) is 4.42. The summed E-state index contributed by atoms with van der Waals surface area (Å²) in [7, 11) is 1.53. The Morgan fingerprint density at radius 2 is 1.95 bits per heavy atom. The van der Waals surface area contributed by atoms with Gasteiger partial charge in [-0.15, -0.1) is 0 Å². The highest BCUT2D eigenvalue weighted by molar-refractivity contribution is 8.13. The Hall–Kier alpha value is -1.07. The van der Waals surface area contributed by atoms with Gasteiger partial charge in [0.2, 0.25) is 0 Å². The molecule has 0 aliphatic heterocycles. The summed E-state index contributed by atoms with van der Waals surface area (Å²) in [6.07, 6.45) is 0.872. The Kier molecular flexibility index (Phi) is 5.59. The monoisotopic (exact) mass is 317 g/mol. The maximum Gasteiger partial charge on any atom is 0.261 e. The van der Waals surface area contributed by atoms with Gasteiger partial charge in [0, 0.05) is 28.8 Å². The SMILES string of the molecule is CCCN(C(=O)c1ccc(S(=O)(=O)Cl)cc1C)C(C)C. The van der Waals surface area contributed by atoms with Crippen LogP contribution in [0.5, 0.6) is 0 Å². The summed E-state index contributed by atoms with van der Waals surface area (Å²) in [5.74, 6) is -0.0853. The van der Waals surface area contributed by atoms with Gasteiger partial charge in [0.15, 0.2) is 0 Å². The van der Waals surface area contributed by atoms with Crippen molar-refractivity contribution in [3.05, 3.63) is 29.3 Å². The molecule has 1 aromatic rings. The van der Waals surface area contributed by atoms with E-state index in [9.17, 15) is 13.2 Å². The van der Waals surface area contributed by atoms with E-state index in [1.165, 1.54) is 18.2 Å². The lowest BCUT2D eigenvalue weighted by Crippen LogP contribution is -2.37. The minimum Gasteiger partial charge on any atom is -0.336 e. The Morgan fingerprint density at radius 1 is 1.35 bits per heavy atom. The summed E-state index contributed by atoms with van der Waals surface area (Å²) in [5.41, 5.74) is 1.12. The van der Waals surface area contributed by atoms with Crippen LogP contribution in [0.1, 0.15) is 43.1 Å². The molecule has 0 radical (unpaired) electrons. The number of amides is 1. The first-order valence-electron chi connectivity index (χ1n) is 6.54. The third-order valence-electron chi connectivity index (χ3n) is 3.06. The second-order valence-electron chi connectivity index (χ2n) is 5.01. The molecular formula is C14H20ClNO3S. The molecule has 20 heavy (non-hydrogen) atoms. The summed E-state index contributed by atoms with van der Waals surface area (Å²) in [4.78, 5) is 14.3. The van der Waals surface area contributed by atoms with Crippen LogP contribution in [0.4, 0.5) is 0 Å². The molecule has 1 rings (SSSR count). The molecule has 0 fully saturated rings. The molecule has 0 bridgehead atoms. The summed E-state index contributed by atoms with van der Waals surface area (Å²) in [5, 5.41) is 0. The van der Waals surface area contributed by atoms with Gasteiger partial charge in [-0.05, 0) is 51.0 Å². The van der Waals surface area contributed by atoms with Crippen LogP contribution in [-0.2, 0) is 9.05 Å². The predicted octanol–water partition coefficient (Wildman–Crippen LogP) is 3.18. The highest BCUT2D eigenvalue weighted by Crippen LogP contribution is 2.20. The lowest BCUT2D eigenvalue weighted by molar-refractivity contribution is 0.0705. The molecule has 0 aliphatic rings. The zero-order valence-electron chi connectivity index (χ0n) is 12.2. The molecule has 0 heterocycles. The third-order valence-corrected chi connectivity index (χ3v) is 4.41. The van der Waals surface area contributed by atoms with Gasteiger partial charge in [0.25, 0.3) is 15.0 Å². The zero-order chi connectivity index (χ0) is 15.5. The van der Waals surface area contributed by atoms with Crippen molar-refractivity contribution < 1.29 is 13.2 Å². The van der Waals surface area contributed by atoms with E-state index in [1.54, 1.807) is 11.8 Å². The van der Waals surface area contributed by atoms with Gasteiger partial charge in [-0.1, -0.05) is 6.92 Å². The minimum atomic E-state index is -3.77. The number of hydrogen-bond acceptors (Lipinski definition) is 3. The van der Waals surface area contributed by atoms with Crippen molar-refractivity contribution in [3.8, 4) is 0 Å². The smallest absolute Gasteiger partial charge is 0.261 e. The van der Waals surface area contributed by atoms with Crippen LogP contribution in [0.15, 0.2) is 23.1 Å². The van der Waals surface area contributed by atoms with Gasteiger partial charge in [-0.25, -0.2) is 8.42 Å². The first kappa shape index (κ1) is 17.0. The Balaban J connectivity index is 3.17. The molecule has 0 N–H and O–H groups in total. The summed E-state index contributed by atoms with van der Waals surface area (Å²) >= 11 is 0. The fraction of sp³-hybridized carbons (Fsp3) is 0.500. The van der Waals surface area contributed by atoms with Gasteiger partial charge in [-0.3, -0.25) is 4.79 Å². The van der Waals surface area contributed by atoms with Gasteiger partial charge in [-0.2, -0.15) is 0 Å². The lowest BCUT2D eigenvalue weighted by Gasteiger charge is -2.27. The molecule has 0 saturated heterocycles. The number of hydrogen-bond donors (Lipinski definition) is 0. The van der Waals surface area contributed by atoms with Crippen molar-refractivity contribution in [2.75, 3.05) is 6.54 Å². The van der Waals surface area contributed by atoms with Crippen LogP contribution >= 0.6 is 10.7 Å². The van der Waals surface area contributed by atoms with Crippen LogP contribution in [0.25, 0.3) is 0 Å². The zero-order valence-corrected chi connectivity index (χ0v) is 13.8. The second-order valence-corrected chi connectivity index (χ2v) is 7.57. The van der Waals surface area contributed by atoms with Crippen LogP contribution in [0.3, 0.4) is 0 Å². The molecule has 0 atom stereocenters. The van der Waals surface area contributed by atoms with Crippen molar-refractivity contribution in [1.29, 1.82) is 0 Å². The Labute approximate surface area is 125 Å². The molecular weight excluding hydrogens is 298 g/mol. The second kappa shape index (κ2) is 6.59. The number of benzene rings is 1. The average Bonchev–Trinajstić information content (AvgIpc) is 2.33. The molecule has 0 saturated carbocycles. The fourth-order valence-corrected chi connectivity index (χ4v) is 2.85. The fourth-order valence-electron chi connectivity index (χ4n) is 2.02. The topological polar surface area (TPSA) is 54.5 Å². The molecule has 0 spiro atoms. The Bertz CT molecular complexity index is 596. The Morgan fingerprint density at radius 3 is 2.35 bits per heavy atom. The molecule has 6 heteroatoms. The minimum absolute atomic E-state index is 0.0137. The van der Waals surface area contributed by atoms with Crippen LogP contribution in [0, 0.1) is 6.92 Å². The normalized spacial score (nSPS) is 11.7. The van der Waals surface area contributed by atoms with Gasteiger partial charge in [0.05, 0.1) is 4.90 Å². The van der Waals surface area contributed by atoms with E-state index in [0.717, 1.165) is 6.42 Å². The molecule has 4 nitrogen and oxygen atoms in total. The first-order valence-corrected chi connectivity index (χ1v) is 8.85. The van der Waals surface area contributed by atoms with Crippen molar-refractivity contribution in [2.24, 2.45) is 0 Å². The molecule has 0 unspecified atom stereocenters. The number of nitrogens with zero attached hydrogens (tertiary/aromatic N) is 1. The van der Waals surface area contributed by atoms with Crippen LogP contribution in [0.2, 0.25) is 0 Å². The molecule has 112 valence electrons. The average molecular weight is 318 g/mol. The van der Waals surface area contributed by atoms with E-state index in [4.69, 9.17) is 10.7 Å². The standard InChI is InChI=1S/C14H20ClNO3S/c1-5-8-16(10(2)3)14(17)13-7-6-12(9-11(13)4)20(15,18)19/h6-7,9-10H,5,8H2,1-4H3. The van der Waals surface area contributed by atoms with E-state index in [0.29, 0.717) is 17.7 Å². The molecule has 0 aliphatic carbocycles. The van der Waals surface area contributed by atoms with Crippen molar-refractivity contribution in [3.63, 3.8) is 0 Å². The first-order chi connectivity index (χ1) is 9.18. The largest absolute Gasteiger partial charge is 0.336 e. The highest BCUT2D eigenvalue weighted by atomic mass is 35.7. The molecule has 0 aromatic heterocycles. The van der Waals surface area contributed by atoms with Crippen molar-refractivity contribution >= 4 is 25.6 Å².